The van der Waals surface area contributed by atoms with Gasteiger partial charge in [-0.1, -0.05) is 18.2 Å². The molecule has 0 aliphatic carbocycles. The molecule has 6 heteroatoms. The Hall–Kier alpha value is -1.14. The average Bonchev–Trinajstić information content (AvgIpc) is 2.35. The van der Waals surface area contributed by atoms with E-state index in [0.29, 0.717) is 0 Å². The van der Waals surface area contributed by atoms with Gasteiger partial charge < -0.3 is 10.4 Å². The van der Waals surface area contributed by atoms with Gasteiger partial charge in [-0.25, -0.2) is 8.78 Å². The first-order valence-electron chi connectivity index (χ1n) is 4.97. The quantitative estimate of drug-likeness (QED) is 0.763. The third-order valence-corrected chi connectivity index (χ3v) is 2.90. The number of halogens is 2. The van der Waals surface area contributed by atoms with Gasteiger partial charge in [-0.2, -0.15) is 0 Å². The molecule has 0 bridgehead atoms. The van der Waals surface area contributed by atoms with Crippen molar-refractivity contribution in [2.24, 2.45) is 0 Å². The minimum absolute atomic E-state index is 0.0749. The second-order valence-corrected chi connectivity index (χ2v) is 4.44. The van der Waals surface area contributed by atoms with Gasteiger partial charge in [-0.15, -0.1) is 11.8 Å². The topological polar surface area (TPSA) is 49.3 Å². The summed E-state index contributed by atoms with van der Waals surface area (Å²) in [7, 11) is 0. The predicted octanol–water partition coefficient (Wildman–Crippen LogP) is 1.52. The van der Waals surface area contributed by atoms with Crippen LogP contribution in [0, 0.1) is 0 Å². The number of hydrogen-bond acceptors (Lipinski definition) is 3. The van der Waals surface area contributed by atoms with Gasteiger partial charge in [-0.3, -0.25) is 4.79 Å². The number of nitrogens with one attached hydrogen (secondary N) is 1. The van der Waals surface area contributed by atoms with Crippen molar-refractivity contribution in [2.75, 3.05) is 18.9 Å². The van der Waals surface area contributed by atoms with Crippen molar-refractivity contribution in [3.8, 4) is 0 Å². The van der Waals surface area contributed by atoms with E-state index < -0.39 is 25.0 Å². The van der Waals surface area contributed by atoms with Gasteiger partial charge in [0, 0.05) is 4.90 Å². The molecule has 0 radical (unpaired) electrons. The second kappa shape index (κ2) is 6.56. The molecule has 0 aromatic heterocycles. The third-order valence-electron chi connectivity index (χ3n) is 1.89. The van der Waals surface area contributed by atoms with Gasteiger partial charge in [0.1, 0.15) is 6.61 Å². The van der Waals surface area contributed by atoms with Crippen molar-refractivity contribution in [3.63, 3.8) is 0 Å². The van der Waals surface area contributed by atoms with E-state index in [2.05, 4.69) is 5.32 Å². The molecule has 0 aliphatic rings. The molecule has 0 unspecified atom stereocenters. The van der Waals surface area contributed by atoms with E-state index >= 15 is 0 Å². The van der Waals surface area contributed by atoms with Gasteiger partial charge in [0.2, 0.25) is 5.91 Å². The summed E-state index contributed by atoms with van der Waals surface area (Å²) >= 11 is 1.27. The van der Waals surface area contributed by atoms with E-state index in [1.807, 2.05) is 30.3 Å². The van der Waals surface area contributed by atoms with Gasteiger partial charge in [0.15, 0.2) is 0 Å². The molecule has 0 aliphatic heterocycles. The Balaban J connectivity index is 2.27. The van der Waals surface area contributed by atoms with Gasteiger partial charge in [-0.05, 0) is 12.1 Å². The number of carbonyl (C=O) groups is 1. The van der Waals surface area contributed by atoms with Crippen molar-refractivity contribution in [1.29, 1.82) is 0 Å². The highest BCUT2D eigenvalue weighted by atomic mass is 32.2. The summed E-state index contributed by atoms with van der Waals surface area (Å²) < 4.78 is 25.2. The highest BCUT2D eigenvalue weighted by molar-refractivity contribution is 8.00. The SMILES string of the molecule is O=C(CSc1ccccc1)NCC(F)(F)CO. The number of alkyl halides is 2. The smallest absolute Gasteiger partial charge is 0.287 e. The largest absolute Gasteiger partial charge is 0.390 e. The van der Waals surface area contributed by atoms with E-state index in [1.54, 1.807) is 0 Å². The van der Waals surface area contributed by atoms with E-state index in [4.69, 9.17) is 5.11 Å². The number of carbonyl (C=O) groups excluding carboxylic acids is 1. The van der Waals surface area contributed by atoms with Gasteiger partial charge >= 0.3 is 0 Å². The van der Waals surface area contributed by atoms with E-state index in [-0.39, 0.29) is 5.75 Å². The average molecular weight is 261 g/mol. The van der Waals surface area contributed by atoms with Crippen LogP contribution in [-0.4, -0.2) is 35.8 Å². The number of hydrogen-bond donors (Lipinski definition) is 2. The lowest BCUT2D eigenvalue weighted by molar-refractivity contribution is -0.121. The minimum Gasteiger partial charge on any atom is -0.390 e. The molecule has 0 fully saturated rings. The lowest BCUT2D eigenvalue weighted by atomic mass is 10.3. The number of aliphatic hydroxyl groups excluding tert-OH is 1. The Kier molecular flexibility index (Phi) is 5.37. The molecule has 1 aromatic rings. The zero-order valence-electron chi connectivity index (χ0n) is 9.03. The molecule has 1 aromatic carbocycles. The monoisotopic (exact) mass is 261 g/mol. The maximum atomic E-state index is 12.6. The van der Waals surface area contributed by atoms with Crippen LogP contribution in [-0.2, 0) is 4.79 Å². The zero-order chi connectivity index (χ0) is 12.7. The molecular weight excluding hydrogens is 248 g/mol. The molecule has 1 amide bonds. The molecule has 1 rings (SSSR count). The summed E-state index contributed by atoms with van der Waals surface area (Å²) in [5.41, 5.74) is 0. The zero-order valence-corrected chi connectivity index (χ0v) is 9.84. The Morgan fingerprint density at radius 2 is 2.00 bits per heavy atom. The van der Waals surface area contributed by atoms with Crippen LogP contribution < -0.4 is 5.32 Å². The maximum Gasteiger partial charge on any atom is 0.287 e. The summed E-state index contributed by atoms with van der Waals surface area (Å²) in [5.74, 6) is -3.66. The van der Waals surface area contributed by atoms with Crippen LogP contribution in [0.4, 0.5) is 8.78 Å². The highest BCUT2D eigenvalue weighted by Crippen LogP contribution is 2.16. The van der Waals surface area contributed by atoms with Crippen LogP contribution >= 0.6 is 11.8 Å². The molecule has 0 heterocycles. The van der Waals surface area contributed by atoms with Crippen LogP contribution in [0.2, 0.25) is 0 Å². The number of aliphatic hydroxyl groups is 1. The Morgan fingerprint density at radius 3 is 2.59 bits per heavy atom. The molecule has 0 saturated heterocycles. The summed E-state index contributed by atoms with van der Waals surface area (Å²) in [6.45, 7) is -2.10. The van der Waals surface area contributed by atoms with Crippen LogP contribution in [0.3, 0.4) is 0 Å². The predicted molar refractivity (Wildman–Crippen MR) is 62.2 cm³/mol. The molecule has 0 spiro atoms. The molecule has 3 nitrogen and oxygen atoms in total. The summed E-state index contributed by atoms with van der Waals surface area (Å²) in [4.78, 5) is 12.1. The minimum atomic E-state index is -3.26. The maximum absolute atomic E-state index is 12.6. The standard InChI is InChI=1S/C11H13F2NO2S/c12-11(13,8-15)7-14-10(16)6-17-9-4-2-1-3-5-9/h1-5,15H,6-8H2,(H,14,16). The van der Waals surface area contributed by atoms with Gasteiger partial charge in [0.25, 0.3) is 5.92 Å². The number of benzene rings is 1. The van der Waals surface area contributed by atoms with Crippen LogP contribution in [0.25, 0.3) is 0 Å². The fourth-order valence-corrected chi connectivity index (χ4v) is 1.75. The van der Waals surface area contributed by atoms with Crippen molar-refractivity contribution < 1.29 is 18.7 Å². The number of amides is 1. The first kappa shape index (κ1) is 13.9. The summed E-state index contributed by atoms with van der Waals surface area (Å²) in [6, 6.07) is 9.19. The van der Waals surface area contributed by atoms with Crippen molar-refractivity contribution >= 4 is 17.7 Å². The highest BCUT2D eigenvalue weighted by Gasteiger charge is 2.27. The summed E-state index contributed by atoms with van der Waals surface area (Å²) in [5, 5.41) is 10.4. The number of rotatable bonds is 6. The van der Waals surface area contributed by atoms with Gasteiger partial charge in [0.05, 0.1) is 12.3 Å². The molecule has 0 saturated carbocycles. The fourth-order valence-electron chi connectivity index (χ4n) is 1.00. The molecule has 94 valence electrons. The molecule has 0 atom stereocenters. The van der Waals surface area contributed by atoms with Crippen LogP contribution in [0.5, 0.6) is 0 Å². The summed E-state index contributed by atoms with van der Waals surface area (Å²) in [6.07, 6.45) is 0. The van der Waals surface area contributed by atoms with E-state index in [1.165, 1.54) is 11.8 Å². The normalized spacial score (nSPS) is 11.2. The Labute approximate surface area is 102 Å². The van der Waals surface area contributed by atoms with Crippen molar-refractivity contribution in [1.82, 2.24) is 5.32 Å². The van der Waals surface area contributed by atoms with Crippen LogP contribution in [0.15, 0.2) is 35.2 Å². The Morgan fingerprint density at radius 1 is 1.35 bits per heavy atom. The van der Waals surface area contributed by atoms with Crippen LogP contribution in [0.1, 0.15) is 0 Å². The molecular formula is C11H13F2NO2S. The fraction of sp³-hybridized carbons (Fsp3) is 0.364. The molecule has 2 N–H and O–H groups in total. The van der Waals surface area contributed by atoms with E-state index in [0.717, 1.165) is 4.90 Å². The van der Waals surface area contributed by atoms with Crippen molar-refractivity contribution in [3.05, 3.63) is 30.3 Å². The van der Waals surface area contributed by atoms with Crippen molar-refractivity contribution in [2.45, 2.75) is 10.8 Å². The second-order valence-electron chi connectivity index (χ2n) is 3.39. The van der Waals surface area contributed by atoms with E-state index in [9.17, 15) is 13.6 Å². The first-order chi connectivity index (χ1) is 8.03. The Bertz CT molecular complexity index is 360. The lowest BCUT2D eigenvalue weighted by Crippen LogP contribution is -2.39. The lowest BCUT2D eigenvalue weighted by Gasteiger charge is -2.13. The molecule has 17 heavy (non-hydrogen) atoms. The third kappa shape index (κ3) is 5.65. The first-order valence-corrected chi connectivity index (χ1v) is 5.95. The number of thioether (sulfide) groups is 1.